The van der Waals surface area contributed by atoms with Crippen LogP contribution in [0.15, 0.2) is 23.1 Å². The third kappa shape index (κ3) is 5.42. The molecular weight excluding hydrogens is 344 g/mol. The van der Waals surface area contributed by atoms with Crippen molar-refractivity contribution in [2.24, 2.45) is 0 Å². The summed E-state index contributed by atoms with van der Waals surface area (Å²) < 4.78 is 28.6. The third-order valence-corrected chi connectivity index (χ3v) is 5.50. The van der Waals surface area contributed by atoms with Crippen molar-refractivity contribution in [2.45, 2.75) is 11.3 Å². The van der Waals surface area contributed by atoms with Crippen molar-refractivity contribution in [1.82, 2.24) is 10.2 Å². The van der Waals surface area contributed by atoms with Crippen molar-refractivity contribution < 1.29 is 23.2 Å². The maximum Gasteiger partial charge on any atom is 0.220 e. The van der Waals surface area contributed by atoms with E-state index in [1.165, 1.54) is 0 Å². The van der Waals surface area contributed by atoms with Crippen molar-refractivity contribution in [3.63, 3.8) is 0 Å². The number of benzene rings is 1. The van der Waals surface area contributed by atoms with Crippen LogP contribution >= 0.6 is 0 Å². The summed E-state index contributed by atoms with van der Waals surface area (Å²) in [5.74, 6) is 1.52. The van der Waals surface area contributed by atoms with Crippen molar-refractivity contribution >= 4 is 16.7 Å². The first-order valence-corrected chi connectivity index (χ1v) is 9.89. The average Bonchev–Trinajstić information content (AvgIpc) is 2.66. The molecule has 1 saturated heterocycles. The number of hydrogen-bond donors (Lipinski definition) is 1. The molecule has 0 radical (unpaired) electrons. The van der Waals surface area contributed by atoms with Gasteiger partial charge in [-0.3, -0.25) is 13.9 Å². The zero-order valence-corrected chi connectivity index (χ0v) is 15.0. The van der Waals surface area contributed by atoms with Gasteiger partial charge >= 0.3 is 0 Å². The van der Waals surface area contributed by atoms with Gasteiger partial charge in [0.25, 0.3) is 0 Å². The minimum atomic E-state index is -1.24. The maximum absolute atomic E-state index is 12.4. The fourth-order valence-electron chi connectivity index (χ4n) is 2.74. The fraction of sp³-hybridized carbons (Fsp3) is 0.588. The monoisotopic (exact) mass is 368 g/mol. The van der Waals surface area contributed by atoms with E-state index in [2.05, 4.69) is 10.2 Å². The fourth-order valence-corrected chi connectivity index (χ4v) is 3.80. The molecule has 25 heavy (non-hydrogen) atoms. The number of nitrogens with zero attached hydrogens (tertiary/aromatic N) is 1. The molecule has 1 N–H and O–H groups in total. The predicted molar refractivity (Wildman–Crippen MR) is 93.6 cm³/mol. The zero-order valence-electron chi connectivity index (χ0n) is 14.2. The minimum absolute atomic E-state index is 0.0702. The molecule has 0 aromatic heterocycles. The molecule has 1 aromatic carbocycles. The van der Waals surface area contributed by atoms with Crippen molar-refractivity contribution in [1.29, 1.82) is 0 Å². The summed E-state index contributed by atoms with van der Waals surface area (Å²) in [6, 6.07) is 5.27. The summed E-state index contributed by atoms with van der Waals surface area (Å²) in [4.78, 5) is 14.8. The molecule has 0 bridgehead atoms. The standard InChI is InChI=1S/C17H24N2O5S/c20-17(18-4-5-19-6-8-22-9-7-19)3-12-25(21)14-1-2-15-16(13-14)24-11-10-23-15/h1-2,13H,3-12H2,(H,18,20)/t25-/m1/s1. The molecular formula is C17H24N2O5S. The van der Waals surface area contributed by atoms with Gasteiger partial charge in [0.15, 0.2) is 11.5 Å². The van der Waals surface area contributed by atoms with Crippen LogP contribution in [0.3, 0.4) is 0 Å². The zero-order chi connectivity index (χ0) is 17.5. The summed E-state index contributed by atoms with van der Waals surface area (Å²) in [5.41, 5.74) is 0. The molecule has 2 aliphatic rings. The molecule has 8 heteroatoms. The lowest BCUT2D eigenvalue weighted by molar-refractivity contribution is -0.120. The molecule has 1 amide bonds. The van der Waals surface area contributed by atoms with E-state index in [1.54, 1.807) is 18.2 Å². The Morgan fingerprint density at radius 1 is 1.12 bits per heavy atom. The molecule has 1 atom stereocenters. The van der Waals surface area contributed by atoms with Crippen LogP contribution < -0.4 is 14.8 Å². The Morgan fingerprint density at radius 3 is 2.68 bits per heavy atom. The number of carbonyl (C=O) groups is 1. The van der Waals surface area contributed by atoms with Gasteiger partial charge in [0.2, 0.25) is 5.91 Å². The van der Waals surface area contributed by atoms with E-state index in [0.29, 0.717) is 41.9 Å². The van der Waals surface area contributed by atoms with E-state index >= 15 is 0 Å². The maximum atomic E-state index is 12.4. The topological polar surface area (TPSA) is 77.1 Å². The second-order valence-electron chi connectivity index (χ2n) is 5.91. The van der Waals surface area contributed by atoms with E-state index in [1.807, 2.05) is 0 Å². The second kappa shape index (κ2) is 9.17. The Labute approximate surface area is 150 Å². The Bertz CT molecular complexity index is 619. The quantitative estimate of drug-likeness (QED) is 0.751. The van der Waals surface area contributed by atoms with Gasteiger partial charge < -0.3 is 19.5 Å². The Kier molecular flexibility index (Phi) is 6.66. The second-order valence-corrected chi connectivity index (χ2v) is 7.48. The SMILES string of the molecule is O=C(CC[S@@](=O)c1ccc2c(c1)OCCO2)NCCN1CCOCC1. The van der Waals surface area contributed by atoms with Crippen molar-refractivity contribution in [3.8, 4) is 11.5 Å². The normalized spacial score (nSPS) is 18.6. The van der Waals surface area contributed by atoms with E-state index in [4.69, 9.17) is 14.2 Å². The van der Waals surface area contributed by atoms with Gasteiger partial charge in [-0.05, 0) is 12.1 Å². The molecule has 0 aliphatic carbocycles. The van der Waals surface area contributed by atoms with Crippen LogP contribution in [0, 0.1) is 0 Å². The highest BCUT2D eigenvalue weighted by molar-refractivity contribution is 7.85. The summed E-state index contributed by atoms with van der Waals surface area (Å²) in [7, 11) is -1.24. The first kappa shape index (κ1) is 18.2. The lowest BCUT2D eigenvalue weighted by Crippen LogP contribution is -2.41. The smallest absolute Gasteiger partial charge is 0.220 e. The highest BCUT2D eigenvalue weighted by Crippen LogP contribution is 2.31. The average molecular weight is 368 g/mol. The highest BCUT2D eigenvalue weighted by Gasteiger charge is 2.15. The van der Waals surface area contributed by atoms with Crippen LogP contribution in [0.4, 0.5) is 0 Å². The molecule has 0 saturated carbocycles. The molecule has 0 unspecified atom stereocenters. The van der Waals surface area contributed by atoms with Gasteiger partial charge in [-0.25, -0.2) is 0 Å². The minimum Gasteiger partial charge on any atom is -0.486 e. The lowest BCUT2D eigenvalue weighted by atomic mass is 10.3. The lowest BCUT2D eigenvalue weighted by Gasteiger charge is -2.26. The number of ether oxygens (including phenoxy) is 3. The molecule has 1 fully saturated rings. The van der Waals surface area contributed by atoms with Crippen LogP contribution in [0.5, 0.6) is 11.5 Å². The Balaban J connectivity index is 1.38. The largest absolute Gasteiger partial charge is 0.486 e. The molecule has 0 spiro atoms. The molecule has 7 nitrogen and oxygen atoms in total. The number of carbonyl (C=O) groups excluding carboxylic acids is 1. The number of rotatable bonds is 7. The molecule has 1 aromatic rings. The Hall–Kier alpha value is -1.64. The number of hydrogen-bond acceptors (Lipinski definition) is 6. The van der Waals surface area contributed by atoms with Crippen LogP contribution in [-0.2, 0) is 20.3 Å². The summed E-state index contributed by atoms with van der Waals surface area (Å²) in [5, 5.41) is 2.89. The van der Waals surface area contributed by atoms with E-state index in [0.717, 1.165) is 32.8 Å². The van der Waals surface area contributed by atoms with Crippen molar-refractivity contribution in [2.75, 3.05) is 58.4 Å². The van der Waals surface area contributed by atoms with Gasteiger partial charge in [0.05, 0.1) is 24.0 Å². The number of nitrogens with one attached hydrogen (secondary N) is 1. The Morgan fingerprint density at radius 2 is 1.88 bits per heavy atom. The third-order valence-electron chi connectivity index (χ3n) is 4.14. The molecule has 2 aliphatic heterocycles. The molecule has 138 valence electrons. The van der Waals surface area contributed by atoms with Crippen LogP contribution in [0.25, 0.3) is 0 Å². The molecule has 2 heterocycles. The van der Waals surface area contributed by atoms with Gasteiger partial charge in [-0.2, -0.15) is 0 Å². The number of morpholine rings is 1. The van der Waals surface area contributed by atoms with Crippen LogP contribution in [0.1, 0.15) is 6.42 Å². The van der Waals surface area contributed by atoms with E-state index < -0.39 is 10.8 Å². The highest BCUT2D eigenvalue weighted by atomic mass is 32.2. The van der Waals surface area contributed by atoms with E-state index in [9.17, 15) is 9.00 Å². The van der Waals surface area contributed by atoms with Crippen LogP contribution in [0.2, 0.25) is 0 Å². The first-order chi connectivity index (χ1) is 12.2. The predicted octanol–water partition coefficient (Wildman–Crippen LogP) is 0.404. The van der Waals surface area contributed by atoms with E-state index in [-0.39, 0.29) is 12.3 Å². The van der Waals surface area contributed by atoms with Crippen molar-refractivity contribution in [3.05, 3.63) is 18.2 Å². The summed E-state index contributed by atoms with van der Waals surface area (Å²) in [6.07, 6.45) is 0.240. The summed E-state index contributed by atoms with van der Waals surface area (Å²) in [6.45, 7) is 5.77. The molecule has 3 rings (SSSR count). The summed E-state index contributed by atoms with van der Waals surface area (Å²) >= 11 is 0. The van der Waals surface area contributed by atoms with Gasteiger partial charge in [0, 0.05) is 49.3 Å². The van der Waals surface area contributed by atoms with Crippen LogP contribution in [-0.4, -0.2) is 73.4 Å². The van der Waals surface area contributed by atoms with Gasteiger partial charge in [0.1, 0.15) is 13.2 Å². The first-order valence-electron chi connectivity index (χ1n) is 8.57. The number of amides is 1. The number of fused-ring (bicyclic) bond motifs is 1. The van der Waals surface area contributed by atoms with Gasteiger partial charge in [-0.1, -0.05) is 0 Å². The van der Waals surface area contributed by atoms with Gasteiger partial charge in [-0.15, -0.1) is 0 Å².